The third-order valence-electron chi connectivity index (χ3n) is 14.5. The van der Waals surface area contributed by atoms with Gasteiger partial charge in [0.1, 0.15) is 11.0 Å². The second kappa shape index (κ2) is 21.7. The van der Waals surface area contributed by atoms with Gasteiger partial charge in [-0.05, 0) is 79.7 Å². The van der Waals surface area contributed by atoms with Gasteiger partial charge >= 0.3 is 11.4 Å². The lowest BCUT2D eigenvalue weighted by Gasteiger charge is -2.44. The Morgan fingerprint density at radius 1 is 0.589 bits per heavy atom. The molecule has 4 unspecified atom stereocenters. The van der Waals surface area contributed by atoms with E-state index in [9.17, 15) is 9.59 Å². The summed E-state index contributed by atoms with van der Waals surface area (Å²) >= 11 is 12.0. The van der Waals surface area contributed by atoms with Crippen LogP contribution in [0.2, 0.25) is 20.6 Å². The van der Waals surface area contributed by atoms with Crippen LogP contribution in [0.25, 0.3) is 22.3 Å². The number of H-pyrrole nitrogens is 1. The molecule has 2 saturated heterocycles. The second-order valence-corrected chi connectivity index (χ2v) is 30.3. The molecule has 18 heteroatoms. The highest BCUT2D eigenvalue weighted by Gasteiger charge is 2.52. The number of halogens is 2. The molecule has 6 heterocycles. The lowest BCUT2D eigenvalue weighted by atomic mass is 10.1. The average molecular weight is 1060 g/mol. The summed E-state index contributed by atoms with van der Waals surface area (Å²) in [7, 11) is -3.53. The molecule has 0 aliphatic carbocycles. The number of ether oxygens (including phenoxy) is 2. The van der Waals surface area contributed by atoms with E-state index in [4.69, 9.17) is 41.5 Å². The van der Waals surface area contributed by atoms with E-state index < -0.39 is 16.6 Å². The van der Waals surface area contributed by atoms with E-state index in [-0.39, 0.29) is 56.3 Å². The summed E-state index contributed by atoms with van der Waals surface area (Å²) in [4.78, 5) is 45.0. The summed E-state index contributed by atoms with van der Waals surface area (Å²) in [5.41, 5.74) is 1.92. The van der Waals surface area contributed by atoms with Crippen molar-refractivity contribution in [2.24, 2.45) is 7.05 Å². The average Bonchev–Trinajstić information content (AvgIpc) is 3.84. The van der Waals surface area contributed by atoms with E-state index in [1.54, 1.807) is 26.9 Å². The zero-order chi connectivity index (χ0) is 51.5. The largest absolute Gasteiger partial charge is 0.405 e. The van der Waals surface area contributed by atoms with Crippen LogP contribution in [-0.4, -0.2) is 93.9 Å². The van der Waals surface area contributed by atoms with Gasteiger partial charge in [0.05, 0.1) is 63.1 Å². The van der Waals surface area contributed by atoms with Gasteiger partial charge in [-0.25, -0.2) is 19.6 Å². The Kier molecular flexibility index (Phi) is 15.6. The fraction of sp³-hybridized carbons (Fsp3) is 0.382. The minimum atomic E-state index is -2.63. The summed E-state index contributed by atoms with van der Waals surface area (Å²) in [5, 5.41) is 5.05. The first kappa shape index (κ1) is 52.3. The number of benzene rings is 4. The van der Waals surface area contributed by atoms with Crippen molar-refractivity contribution in [3.63, 3.8) is 0 Å². The number of imidazole rings is 2. The topological polar surface area (TPSA) is 153 Å². The van der Waals surface area contributed by atoms with E-state index in [2.05, 4.69) is 164 Å². The van der Waals surface area contributed by atoms with E-state index in [0.717, 1.165) is 25.7 Å². The molecule has 0 saturated carbocycles. The van der Waals surface area contributed by atoms with Crippen molar-refractivity contribution in [1.82, 2.24) is 38.6 Å². The van der Waals surface area contributed by atoms with Crippen molar-refractivity contribution in [2.75, 3.05) is 26.4 Å². The minimum absolute atomic E-state index is 0.0537. The van der Waals surface area contributed by atoms with E-state index >= 15 is 0 Å². The van der Waals surface area contributed by atoms with Gasteiger partial charge in [-0.15, -0.1) is 0 Å². The van der Waals surface area contributed by atoms with Crippen molar-refractivity contribution in [3.8, 4) is 0 Å². The zero-order valence-electron chi connectivity index (χ0n) is 42.5. The predicted octanol–water partition coefficient (Wildman–Crippen LogP) is 8.15. The number of nitrogens with one attached hydrogen (secondary N) is 1. The molecule has 382 valence electrons. The molecule has 0 amide bonds. The van der Waals surface area contributed by atoms with Crippen LogP contribution in [0.1, 0.15) is 79.3 Å². The number of hydrogen-bond donors (Lipinski definition) is 1. The first-order chi connectivity index (χ1) is 35.0. The summed E-state index contributed by atoms with van der Waals surface area (Å²) in [6, 6.07) is 42.2. The fourth-order valence-corrected chi connectivity index (χ4v) is 20.3. The zero-order valence-corrected chi connectivity index (χ0v) is 46.0. The van der Waals surface area contributed by atoms with Crippen LogP contribution in [0, 0.1) is 0 Å². The molecule has 2 fully saturated rings. The van der Waals surface area contributed by atoms with Crippen molar-refractivity contribution in [3.05, 3.63) is 165 Å². The molecule has 10 rings (SSSR count). The van der Waals surface area contributed by atoms with E-state index in [1.165, 1.54) is 26.9 Å². The van der Waals surface area contributed by atoms with Crippen LogP contribution >= 0.6 is 23.2 Å². The third kappa shape index (κ3) is 10.5. The van der Waals surface area contributed by atoms with Gasteiger partial charge in [0.25, 0.3) is 16.6 Å². The highest BCUT2D eigenvalue weighted by molar-refractivity contribution is 7.00. The fourth-order valence-electron chi connectivity index (χ4n) is 10.9. The van der Waals surface area contributed by atoms with Crippen LogP contribution < -0.4 is 32.1 Å². The number of aryl methyl sites for hydroxylation is 1. The summed E-state index contributed by atoms with van der Waals surface area (Å²) in [6.45, 7) is 15.5. The maximum atomic E-state index is 13.0. The molecule has 4 atom stereocenters. The summed E-state index contributed by atoms with van der Waals surface area (Å²) in [6.07, 6.45) is 6.15. The SMILES string of the molecule is CC(C)(C)[Si](OCC1CCC(n2c(=O)[nH]c3cnc(Cl)nc32)CO1)(c1ccccc1)c1ccccc1.Cn1c(=O)n(C2CCC(CO[Si](c3ccccc3)(c3ccccc3)C(C)(C)C)OC2)c2nc(Cl)ncc21. The molecule has 0 radical (unpaired) electrons. The Morgan fingerprint density at radius 3 is 1.38 bits per heavy atom. The van der Waals surface area contributed by atoms with Crippen LogP contribution in [0.4, 0.5) is 0 Å². The van der Waals surface area contributed by atoms with E-state index in [1.807, 2.05) is 24.3 Å². The van der Waals surface area contributed by atoms with Crippen molar-refractivity contribution >= 4 is 82.9 Å². The van der Waals surface area contributed by atoms with Gasteiger partial charge in [0.2, 0.25) is 10.6 Å². The molecular weight excluding hydrogens is 996 g/mol. The number of hydrogen-bond acceptors (Lipinski definition) is 10. The highest BCUT2D eigenvalue weighted by atomic mass is 35.5. The lowest BCUT2D eigenvalue weighted by molar-refractivity contribution is -0.0355. The Balaban J connectivity index is 0.000000180. The predicted molar refractivity (Wildman–Crippen MR) is 294 cm³/mol. The van der Waals surface area contributed by atoms with Crippen LogP contribution in [0.3, 0.4) is 0 Å². The number of rotatable bonds is 12. The van der Waals surface area contributed by atoms with Gasteiger partial charge < -0.3 is 23.3 Å². The number of nitrogens with zero attached hydrogens (tertiary/aromatic N) is 7. The third-order valence-corrected chi connectivity index (χ3v) is 24.8. The first-order valence-corrected chi connectivity index (χ1v) is 29.5. The van der Waals surface area contributed by atoms with Gasteiger partial charge in [-0.2, -0.15) is 9.97 Å². The molecule has 73 heavy (non-hydrogen) atoms. The number of aromatic amines is 1. The Labute approximate surface area is 437 Å². The maximum absolute atomic E-state index is 13.0. The van der Waals surface area contributed by atoms with Crippen LogP contribution in [0.15, 0.2) is 143 Å². The number of fused-ring (bicyclic) bond motifs is 2. The molecular formula is C55H64Cl2N8O6Si2. The molecule has 8 aromatic rings. The lowest BCUT2D eigenvalue weighted by Crippen LogP contribution is -2.67. The summed E-state index contributed by atoms with van der Waals surface area (Å²) in [5.74, 6) is 0. The molecule has 0 bridgehead atoms. The molecule has 4 aromatic carbocycles. The quantitative estimate of drug-likeness (QED) is 0.0938. The molecule has 0 spiro atoms. The monoisotopic (exact) mass is 1060 g/mol. The minimum Gasteiger partial charge on any atom is -0.405 e. The standard InChI is InChI=1S/C28H33ClN4O3Si.C27H31ClN4O3Si/c1-28(2,3)37(22-11-7-5-8-12-22,23-13-9-6-10-14-23)36-19-21-16-15-20(18-35-21)33-25-24(32(4)27(33)34)17-30-26(29)31-25;1-27(2,3)36(21-10-6-4-7-11-21,22-12-8-5-9-13-22)35-18-20-15-14-19(17-34-20)32-24-23(30-26(32)33)16-29-25(28)31-24/h5-14,17,20-21H,15-16,18-19H2,1-4H3;4-13,16,19-20H,14-15,17-18H2,1-3H3,(H,30,33). The first-order valence-electron chi connectivity index (χ1n) is 25.0. The van der Waals surface area contributed by atoms with Gasteiger partial charge in [0.15, 0.2) is 11.3 Å². The molecule has 4 aromatic heterocycles. The molecule has 14 nitrogen and oxygen atoms in total. The van der Waals surface area contributed by atoms with Crippen molar-refractivity contribution in [1.29, 1.82) is 0 Å². The number of aromatic nitrogens is 8. The summed E-state index contributed by atoms with van der Waals surface area (Å²) < 4.78 is 31.6. The maximum Gasteiger partial charge on any atom is 0.330 e. The molecule has 1 N–H and O–H groups in total. The van der Waals surface area contributed by atoms with Gasteiger partial charge in [-0.3, -0.25) is 13.7 Å². The van der Waals surface area contributed by atoms with E-state index in [0.29, 0.717) is 48.8 Å². The molecule has 2 aliphatic heterocycles. The second-order valence-electron chi connectivity index (χ2n) is 21.1. The van der Waals surface area contributed by atoms with Crippen molar-refractivity contribution < 1.29 is 18.3 Å². The van der Waals surface area contributed by atoms with Crippen LogP contribution in [-0.2, 0) is 25.4 Å². The Bertz CT molecular complexity index is 3160. The normalized spacial score (nSPS) is 18.9. The smallest absolute Gasteiger partial charge is 0.330 e. The molecule has 2 aliphatic rings. The Morgan fingerprint density at radius 2 is 0.986 bits per heavy atom. The van der Waals surface area contributed by atoms with Crippen molar-refractivity contribution in [2.45, 2.75) is 102 Å². The highest BCUT2D eigenvalue weighted by Crippen LogP contribution is 2.39. The van der Waals surface area contributed by atoms with Gasteiger partial charge in [0, 0.05) is 7.05 Å². The Hall–Kier alpha value is -5.57. The van der Waals surface area contributed by atoms with Gasteiger partial charge in [-0.1, -0.05) is 163 Å². The van der Waals surface area contributed by atoms with Crippen LogP contribution in [0.5, 0.6) is 0 Å².